The van der Waals surface area contributed by atoms with E-state index in [9.17, 15) is 18.0 Å². The Hall–Kier alpha value is -5.14. The molecule has 3 aromatic carbocycles. The molecule has 0 N–H and O–H groups in total. The van der Waals surface area contributed by atoms with Gasteiger partial charge in [-0.15, -0.1) is 5.10 Å². The fourth-order valence-electron chi connectivity index (χ4n) is 7.55. The lowest BCUT2D eigenvalue weighted by Gasteiger charge is -2.30. The molecule has 13 heteroatoms. The van der Waals surface area contributed by atoms with E-state index in [2.05, 4.69) is 15.3 Å². The summed E-state index contributed by atoms with van der Waals surface area (Å²) in [7, 11) is -3.96. The zero-order valence-corrected chi connectivity index (χ0v) is 31.4. The van der Waals surface area contributed by atoms with Gasteiger partial charge < -0.3 is 9.47 Å². The lowest BCUT2D eigenvalue weighted by atomic mass is 9.78. The molecular weight excluding hydrogens is 693 g/mol. The van der Waals surface area contributed by atoms with E-state index in [1.807, 2.05) is 100.0 Å². The summed E-state index contributed by atoms with van der Waals surface area (Å²) in [5, 5.41) is 8.84. The molecule has 4 heterocycles. The van der Waals surface area contributed by atoms with Crippen LogP contribution in [0.25, 0.3) is 11.0 Å². The molecule has 0 bridgehead atoms. The first-order valence-electron chi connectivity index (χ1n) is 18.1. The highest BCUT2D eigenvalue weighted by Gasteiger charge is 2.43. The van der Waals surface area contributed by atoms with Crippen LogP contribution in [0.3, 0.4) is 0 Å². The van der Waals surface area contributed by atoms with Crippen molar-refractivity contribution < 1.29 is 27.5 Å². The number of benzene rings is 3. The number of pyridine rings is 1. The molecule has 0 saturated carbocycles. The number of ether oxygens (including phenoxy) is 2. The molecule has 0 unspecified atom stereocenters. The highest BCUT2D eigenvalue weighted by Crippen LogP contribution is 2.39. The second kappa shape index (κ2) is 14.7. The third kappa shape index (κ3) is 6.79. The maximum Gasteiger partial charge on any atom is 0.416 e. The molecule has 5 aromatic rings. The maximum atomic E-state index is 14.6. The van der Waals surface area contributed by atoms with Crippen molar-refractivity contribution in [1.82, 2.24) is 29.2 Å². The highest BCUT2D eigenvalue weighted by atomic mass is 32.2. The third-order valence-electron chi connectivity index (χ3n) is 10.6. The van der Waals surface area contributed by atoms with Crippen molar-refractivity contribution in [1.29, 1.82) is 0 Å². The molecule has 1 saturated heterocycles. The largest absolute Gasteiger partial charge is 0.472 e. The van der Waals surface area contributed by atoms with Crippen LogP contribution in [0.15, 0.2) is 83.9 Å². The Morgan fingerprint density at radius 2 is 1.81 bits per heavy atom. The minimum atomic E-state index is -3.96. The molecule has 0 radical (unpaired) electrons. The van der Waals surface area contributed by atoms with E-state index in [4.69, 9.17) is 9.47 Å². The van der Waals surface area contributed by atoms with Crippen molar-refractivity contribution in [2.75, 3.05) is 13.2 Å². The quantitative estimate of drug-likeness (QED) is 0.165. The number of cyclic esters (lactones) is 1. The molecule has 2 aromatic heterocycles. The van der Waals surface area contributed by atoms with Crippen LogP contribution in [0.2, 0.25) is 0 Å². The number of fused-ring (bicyclic) bond motifs is 2. The SMILES string of the molecule is CC[C@@H]1CN(Cc2cc([C@@H](c3ccc4c(nnn4CC)c3C)[C@@H](C)C(=O)N3C(=O)OC[C@H]3Cc3ccccc3)ccc2C)S(=O)(=O)c2cccnc2O1. The Kier molecular flexibility index (Phi) is 10.1. The van der Waals surface area contributed by atoms with E-state index in [-0.39, 0.29) is 42.5 Å². The van der Waals surface area contributed by atoms with Gasteiger partial charge in [0.15, 0.2) is 0 Å². The number of hydrogen-bond acceptors (Lipinski definition) is 9. The molecule has 0 aliphatic carbocycles. The first-order valence-corrected chi connectivity index (χ1v) is 19.5. The van der Waals surface area contributed by atoms with Gasteiger partial charge in [0.05, 0.1) is 18.1 Å². The van der Waals surface area contributed by atoms with Crippen molar-refractivity contribution in [2.45, 2.75) is 83.5 Å². The molecule has 1 fully saturated rings. The summed E-state index contributed by atoms with van der Waals surface area (Å²) >= 11 is 0. The Bertz CT molecular complexity index is 2280. The number of nitrogens with zero attached hydrogens (tertiary/aromatic N) is 6. The van der Waals surface area contributed by atoms with Crippen LogP contribution in [-0.4, -0.2) is 74.9 Å². The van der Waals surface area contributed by atoms with Crippen LogP contribution in [0.5, 0.6) is 5.88 Å². The molecule has 276 valence electrons. The summed E-state index contributed by atoms with van der Waals surface area (Å²) in [5.41, 5.74) is 6.85. The number of aryl methyl sites for hydroxylation is 3. The number of hydrogen-bond donors (Lipinski definition) is 0. The molecule has 0 spiro atoms. The zero-order chi connectivity index (χ0) is 37.4. The first-order chi connectivity index (χ1) is 25.5. The van der Waals surface area contributed by atoms with Gasteiger partial charge in [-0.1, -0.05) is 73.7 Å². The smallest absolute Gasteiger partial charge is 0.416 e. The number of aromatic nitrogens is 4. The number of rotatable bonds is 10. The normalized spacial score (nSPS) is 19.6. The van der Waals surface area contributed by atoms with Gasteiger partial charge >= 0.3 is 6.09 Å². The Morgan fingerprint density at radius 1 is 1.02 bits per heavy atom. The van der Waals surface area contributed by atoms with Crippen molar-refractivity contribution in [2.24, 2.45) is 5.92 Å². The van der Waals surface area contributed by atoms with Crippen LogP contribution in [0.4, 0.5) is 4.79 Å². The Labute approximate surface area is 309 Å². The van der Waals surface area contributed by atoms with Gasteiger partial charge in [0.25, 0.3) is 0 Å². The van der Waals surface area contributed by atoms with Crippen molar-refractivity contribution in [3.05, 3.63) is 112 Å². The predicted octanol–water partition coefficient (Wildman–Crippen LogP) is 6.18. The van der Waals surface area contributed by atoms with Crippen LogP contribution < -0.4 is 4.74 Å². The summed E-state index contributed by atoms with van der Waals surface area (Å²) in [6.07, 6.45) is 1.56. The summed E-state index contributed by atoms with van der Waals surface area (Å²) in [5.74, 6) is -1.48. The van der Waals surface area contributed by atoms with Gasteiger partial charge in [0, 0.05) is 31.1 Å². The van der Waals surface area contributed by atoms with E-state index in [1.165, 1.54) is 21.5 Å². The maximum absolute atomic E-state index is 14.6. The molecule has 4 atom stereocenters. The van der Waals surface area contributed by atoms with E-state index in [0.29, 0.717) is 19.4 Å². The number of carbonyl (C=O) groups is 2. The number of sulfonamides is 1. The van der Waals surface area contributed by atoms with Gasteiger partial charge in [0.2, 0.25) is 21.8 Å². The highest BCUT2D eigenvalue weighted by molar-refractivity contribution is 7.89. The second-order valence-electron chi connectivity index (χ2n) is 13.9. The summed E-state index contributed by atoms with van der Waals surface area (Å²) in [6, 6.07) is 22.3. The first kappa shape index (κ1) is 36.2. The fourth-order valence-corrected chi connectivity index (χ4v) is 9.07. The van der Waals surface area contributed by atoms with E-state index in [0.717, 1.165) is 44.4 Å². The summed E-state index contributed by atoms with van der Waals surface area (Å²) in [6.45, 7) is 10.7. The van der Waals surface area contributed by atoms with Gasteiger partial charge in [-0.3, -0.25) is 4.79 Å². The molecule has 2 aliphatic rings. The molecule has 2 amide bonds. The minimum absolute atomic E-state index is 0.0356. The van der Waals surface area contributed by atoms with Gasteiger partial charge in [-0.25, -0.2) is 27.8 Å². The predicted molar refractivity (Wildman–Crippen MR) is 199 cm³/mol. The molecule has 2 aliphatic heterocycles. The van der Waals surface area contributed by atoms with Crippen molar-refractivity contribution >= 4 is 33.1 Å². The third-order valence-corrected chi connectivity index (χ3v) is 12.4. The topological polar surface area (TPSA) is 137 Å². The lowest BCUT2D eigenvalue weighted by Crippen LogP contribution is -2.44. The molecular formula is C40H44N6O6S. The molecule has 53 heavy (non-hydrogen) atoms. The Balaban J connectivity index is 1.30. The standard InChI is InChI=1S/C40H44N6O6S/c1-6-32-23-44(53(49,50)35-14-11-19-41-38(35)52-32)22-30-21-29(16-15-25(30)3)36(33-17-18-34-37(26(33)4)42-43-45(34)7-2)27(5)39(47)46-31(24-51-40(46)48)20-28-12-9-8-10-13-28/h8-19,21,27,31-32,36H,6-7,20,22-24H2,1-5H3/t27-,31-,32-,36+/m1/s1. The second-order valence-corrected chi connectivity index (χ2v) is 15.8. The number of carbonyl (C=O) groups excluding carboxylic acids is 2. The van der Waals surface area contributed by atoms with Crippen LogP contribution in [-0.2, 0) is 39.1 Å². The number of amides is 2. The van der Waals surface area contributed by atoms with Crippen LogP contribution >= 0.6 is 0 Å². The van der Waals surface area contributed by atoms with Crippen molar-refractivity contribution in [3.63, 3.8) is 0 Å². The van der Waals surface area contributed by atoms with E-state index in [1.54, 1.807) is 6.07 Å². The van der Waals surface area contributed by atoms with Gasteiger partial charge in [-0.2, -0.15) is 4.31 Å². The van der Waals surface area contributed by atoms with Gasteiger partial charge in [0.1, 0.15) is 23.1 Å². The van der Waals surface area contributed by atoms with Crippen LogP contribution in [0.1, 0.15) is 66.5 Å². The fraction of sp³-hybridized carbons (Fsp3) is 0.375. The summed E-state index contributed by atoms with van der Waals surface area (Å²) in [4.78, 5) is 33.4. The lowest BCUT2D eigenvalue weighted by molar-refractivity contribution is -0.133. The average molecular weight is 737 g/mol. The monoisotopic (exact) mass is 736 g/mol. The molecule has 12 nitrogen and oxygen atoms in total. The zero-order valence-electron chi connectivity index (χ0n) is 30.6. The average Bonchev–Trinajstić information content (AvgIpc) is 3.73. The number of imide groups is 1. The summed E-state index contributed by atoms with van der Waals surface area (Å²) < 4.78 is 43.0. The van der Waals surface area contributed by atoms with Crippen LogP contribution in [0, 0.1) is 19.8 Å². The van der Waals surface area contributed by atoms with E-state index < -0.39 is 34.0 Å². The van der Waals surface area contributed by atoms with E-state index >= 15 is 0 Å². The Morgan fingerprint density at radius 3 is 2.57 bits per heavy atom. The molecule has 7 rings (SSSR count). The van der Waals surface area contributed by atoms with Gasteiger partial charge in [-0.05, 0) is 85.2 Å². The van der Waals surface area contributed by atoms with Crippen molar-refractivity contribution in [3.8, 4) is 5.88 Å². The minimum Gasteiger partial charge on any atom is -0.472 e.